The molecule has 0 bridgehead atoms. The van der Waals surface area contributed by atoms with Crippen LogP contribution < -0.4 is 0 Å². The average Bonchev–Trinajstić information content (AvgIpc) is 2.67. The van der Waals surface area contributed by atoms with Crippen LogP contribution in [0, 0.1) is 5.41 Å². The lowest BCUT2D eigenvalue weighted by Gasteiger charge is -2.33. The zero-order valence-electron chi connectivity index (χ0n) is 12.4. The molecule has 0 radical (unpaired) electrons. The van der Waals surface area contributed by atoms with Crippen LogP contribution in [0.3, 0.4) is 0 Å². The first-order chi connectivity index (χ1) is 8.71. The summed E-state index contributed by atoms with van der Waals surface area (Å²) in [6.07, 6.45) is 1.85. The highest BCUT2D eigenvalue weighted by Crippen LogP contribution is 2.37. The van der Waals surface area contributed by atoms with Crippen LogP contribution in [-0.2, 0) is 5.41 Å². The van der Waals surface area contributed by atoms with Gasteiger partial charge in [0.15, 0.2) is 12.0 Å². The summed E-state index contributed by atoms with van der Waals surface area (Å²) in [5, 5.41) is 1.00. The average molecular weight is 258 g/mol. The number of hydrogen-bond acceptors (Lipinski definition) is 2. The largest absolute Gasteiger partial charge is 0.453 e. The highest BCUT2D eigenvalue weighted by molar-refractivity contribution is 5.85. The molecule has 2 rings (SSSR count). The van der Waals surface area contributed by atoms with Gasteiger partial charge < -0.3 is 4.42 Å². The molecule has 2 heteroatoms. The molecule has 2 nitrogen and oxygen atoms in total. The molecule has 0 unspecified atom stereocenters. The van der Waals surface area contributed by atoms with Crippen molar-refractivity contribution >= 4 is 17.3 Å². The van der Waals surface area contributed by atoms with E-state index in [-0.39, 0.29) is 10.8 Å². The molecule has 19 heavy (non-hydrogen) atoms. The topological polar surface area (TPSA) is 30.2 Å². The van der Waals surface area contributed by atoms with E-state index in [9.17, 15) is 4.79 Å². The van der Waals surface area contributed by atoms with Crippen molar-refractivity contribution in [3.05, 3.63) is 35.6 Å². The fourth-order valence-electron chi connectivity index (χ4n) is 2.97. The lowest BCUT2D eigenvalue weighted by atomic mass is 9.72. The van der Waals surface area contributed by atoms with E-state index in [4.69, 9.17) is 4.42 Å². The molecule has 1 aromatic heterocycles. The van der Waals surface area contributed by atoms with Gasteiger partial charge in [-0.25, -0.2) is 0 Å². The molecule has 1 heterocycles. The molecule has 0 saturated carbocycles. The van der Waals surface area contributed by atoms with Crippen LogP contribution in [0.4, 0.5) is 0 Å². The minimum atomic E-state index is 0.102. The normalized spacial score (nSPS) is 12.9. The number of aldehydes is 1. The molecule has 1 aromatic carbocycles. The van der Waals surface area contributed by atoms with Crippen molar-refractivity contribution in [3.63, 3.8) is 0 Å². The number of carbonyl (C=O) groups excluding carboxylic acids is 1. The first kappa shape index (κ1) is 13.9. The third-order valence-corrected chi connectivity index (χ3v) is 3.41. The maximum Gasteiger partial charge on any atom is 0.185 e. The quantitative estimate of drug-likeness (QED) is 0.728. The Balaban J connectivity index is 2.42. The summed E-state index contributed by atoms with van der Waals surface area (Å²) in [7, 11) is 0. The maximum atomic E-state index is 10.8. The predicted octanol–water partition coefficient (Wildman–Crippen LogP) is 4.96. The molecule has 2 aromatic rings. The molecule has 0 aliphatic rings. The van der Waals surface area contributed by atoms with Crippen LogP contribution in [0.25, 0.3) is 11.0 Å². The van der Waals surface area contributed by atoms with E-state index in [0.29, 0.717) is 5.76 Å². The summed E-state index contributed by atoms with van der Waals surface area (Å²) in [5.41, 5.74) is 2.44. The summed E-state index contributed by atoms with van der Waals surface area (Å²) < 4.78 is 5.42. The van der Waals surface area contributed by atoms with Crippen LogP contribution in [0.2, 0.25) is 0 Å². The first-order valence-electron chi connectivity index (χ1n) is 6.71. The van der Waals surface area contributed by atoms with Crippen molar-refractivity contribution < 1.29 is 9.21 Å². The maximum absolute atomic E-state index is 10.8. The molecule has 0 fully saturated rings. The second-order valence-corrected chi connectivity index (χ2v) is 7.14. The van der Waals surface area contributed by atoms with Crippen LogP contribution in [-0.4, -0.2) is 6.29 Å². The van der Waals surface area contributed by atoms with Crippen molar-refractivity contribution in [2.24, 2.45) is 5.41 Å². The minimum Gasteiger partial charge on any atom is -0.453 e. The Hall–Kier alpha value is -1.57. The van der Waals surface area contributed by atoms with Gasteiger partial charge in [0, 0.05) is 5.39 Å². The first-order valence-corrected chi connectivity index (χ1v) is 6.71. The van der Waals surface area contributed by atoms with Crippen LogP contribution in [0.1, 0.15) is 57.2 Å². The van der Waals surface area contributed by atoms with Crippen molar-refractivity contribution in [3.8, 4) is 0 Å². The van der Waals surface area contributed by atoms with E-state index in [1.807, 2.05) is 6.07 Å². The van der Waals surface area contributed by atoms with Gasteiger partial charge in [-0.3, -0.25) is 4.79 Å². The molecule has 102 valence electrons. The summed E-state index contributed by atoms with van der Waals surface area (Å²) in [5.74, 6) is 0.390. The fourth-order valence-corrected chi connectivity index (χ4v) is 2.97. The number of furan rings is 1. The molecule has 0 aliphatic carbocycles. The molecular formula is C17H22O2. The third kappa shape index (κ3) is 3.06. The van der Waals surface area contributed by atoms with Gasteiger partial charge in [0.25, 0.3) is 0 Å². The lowest BCUT2D eigenvalue weighted by molar-refractivity contribution is 0.110. The highest BCUT2D eigenvalue weighted by atomic mass is 16.3. The summed E-state index contributed by atoms with van der Waals surface area (Å²) in [6, 6.07) is 8.00. The smallest absolute Gasteiger partial charge is 0.185 e. The number of fused-ring (bicyclic) bond motifs is 1. The van der Waals surface area contributed by atoms with Gasteiger partial charge in [0.2, 0.25) is 0 Å². The van der Waals surface area contributed by atoms with E-state index >= 15 is 0 Å². The molecule has 0 atom stereocenters. The van der Waals surface area contributed by atoms with Crippen LogP contribution >= 0.6 is 0 Å². The molecule has 0 aliphatic heterocycles. The molecule has 0 N–H and O–H groups in total. The molecule has 0 amide bonds. The summed E-state index contributed by atoms with van der Waals surface area (Å²) in [6.45, 7) is 11.3. The second kappa shape index (κ2) is 4.52. The fraction of sp³-hybridized carbons (Fsp3) is 0.471. The number of rotatable bonds is 3. The van der Waals surface area contributed by atoms with Crippen LogP contribution in [0.5, 0.6) is 0 Å². The zero-order valence-corrected chi connectivity index (χ0v) is 12.4. The third-order valence-electron chi connectivity index (χ3n) is 3.41. The Morgan fingerprint density at radius 2 is 1.79 bits per heavy atom. The molecular weight excluding hydrogens is 236 g/mol. The van der Waals surface area contributed by atoms with Crippen molar-refractivity contribution in [1.29, 1.82) is 0 Å². The second-order valence-electron chi connectivity index (χ2n) is 7.14. The van der Waals surface area contributed by atoms with Gasteiger partial charge in [-0.1, -0.05) is 40.7 Å². The monoisotopic (exact) mass is 258 g/mol. The van der Waals surface area contributed by atoms with Gasteiger partial charge in [0.05, 0.1) is 0 Å². The van der Waals surface area contributed by atoms with Crippen molar-refractivity contribution in [1.82, 2.24) is 0 Å². The van der Waals surface area contributed by atoms with Crippen LogP contribution in [0.15, 0.2) is 28.7 Å². The lowest BCUT2D eigenvalue weighted by Crippen LogP contribution is -2.24. The Morgan fingerprint density at radius 1 is 1.11 bits per heavy atom. The molecule has 0 saturated heterocycles. The van der Waals surface area contributed by atoms with Gasteiger partial charge in [-0.2, -0.15) is 0 Å². The van der Waals surface area contributed by atoms with Crippen molar-refractivity contribution in [2.45, 2.75) is 46.5 Å². The minimum absolute atomic E-state index is 0.102. The van der Waals surface area contributed by atoms with E-state index < -0.39 is 0 Å². The number of hydrogen-bond donors (Lipinski definition) is 0. The highest BCUT2D eigenvalue weighted by Gasteiger charge is 2.27. The summed E-state index contributed by atoms with van der Waals surface area (Å²) >= 11 is 0. The standard InChI is InChI=1S/C17H22O2/c1-16(2,3)11-17(4,5)13-6-7-15-12(8-13)9-14(10-18)19-15/h6-10H,11H2,1-5H3. The Labute approximate surface area is 114 Å². The predicted molar refractivity (Wildman–Crippen MR) is 78.7 cm³/mol. The Morgan fingerprint density at radius 3 is 2.37 bits per heavy atom. The molecule has 0 spiro atoms. The Bertz CT molecular complexity index is 597. The number of carbonyl (C=O) groups is 1. The van der Waals surface area contributed by atoms with Gasteiger partial charge in [-0.15, -0.1) is 0 Å². The number of benzene rings is 1. The van der Waals surface area contributed by atoms with Crippen molar-refractivity contribution in [2.75, 3.05) is 0 Å². The Kier molecular flexibility index (Phi) is 3.29. The van der Waals surface area contributed by atoms with Gasteiger partial charge in [0.1, 0.15) is 5.58 Å². The van der Waals surface area contributed by atoms with Gasteiger partial charge in [-0.05, 0) is 41.0 Å². The zero-order chi connectivity index (χ0) is 14.3. The van der Waals surface area contributed by atoms with E-state index in [1.165, 1.54) is 5.56 Å². The summed E-state index contributed by atoms with van der Waals surface area (Å²) in [4.78, 5) is 10.8. The SMILES string of the molecule is CC(C)(C)CC(C)(C)c1ccc2oc(C=O)cc2c1. The van der Waals surface area contributed by atoms with Gasteiger partial charge >= 0.3 is 0 Å². The van der Waals surface area contributed by atoms with E-state index in [2.05, 4.69) is 46.8 Å². The van der Waals surface area contributed by atoms with E-state index in [0.717, 1.165) is 23.7 Å². The van der Waals surface area contributed by atoms with E-state index in [1.54, 1.807) is 6.07 Å².